The first kappa shape index (κ1) is 30.8. The zero-order valence-corrected chi connectivity index (χ0v) is 26.2. The van der Waals surface area contributed by atoms with Gasteiger partial charge in [-0.15, -0.1) is 0 Å². The summed E-state index contributed by atoms with van der Waals surface area (Å²) in [5, 5.41) is 29.2. The Morgan fingerprint density at radius 1 is 0.902 bits per heavy atom. The lowest BCUT2D eigenvalue weighted by Crippen LogP contribution is -2.67. The zero-order valence-electron chi connectivity index (χ0n) is 26.2. The first-order chi connectivity index (χ1) is 19.1. The Bertz CT molecular complexity index is 1070. The van der Waals surface area contributed by atoms with Crippen molar-refractivity contribution in [3.63, 3.8) is 0 Å². The van der Waals surface area contributed by atoms with Gasteiger partial charge in [0.15, 0.2) is 0 Å². The predicted octanol–water partition coefficient (Wildman–Crippen LogP) is 6.60. The van der Waals surface area contributed by atoms with Gasteiger partial charge in [0.05, 0.1) is 12.0 Å². The fourth-order valence-corrected chi connectivity index (χ4v) is 12.1. The topological polar surface area (TPSA) is 113 Å². The number of aliphatic hydroxyl groups excluding tert-OH is 2. The molecule has 0 radical (unpaired) electrons. The number of carbonyl (C=O) groups excluding carboxylic acids is 1. The number of rotatable bonds is 6. The highest BCUT2D eigenvalue weighted by Crippen LogP contribution is 2.77. The summed E-state index contributed by atoms with van der Waals surface area (Å²) in [6.45, 7) is 17.8. The molecule has 5 rings (SSSR count). The van der Waals surface area contributed by atoms with E-state index in [0.717, 1.165) is 69.8 Å². The first-order valence-corrected chi connectivity index (χ1v) is 16.1. The lowest BCUT2D eigenvalue weighted by atomic mass is 9.32. The molecule has 0 saturated heterocycles. The number of allylic oxidation sites excluding steroid dienone is 1. The number of hydrogen-bond donors (Lipinski definition) is 3. The molecule has 7 nitrogen and oxygen atoms in total. The minimum Gasteiger partial charge on any atom is -0.481 e. The van der Waals surface area contributed by atoms with Crippen molar-refractivity contribution in [1.29, 1.82) is 0 Å². The maximum absolute atomic E-state index is 12.9. The number of carboxylic acid groups (broad SMARTS) is 1. The van der Waals surface area contributed by atoms with Gasteiger partial charge in [-0.25, -0.2) is 4.79 Å². The van der Waals surface area contributed by atoms with Crippen molar-refractivity contribution in [2.75, 3.05) is 13.2 Å². The normalized spacial score (nSPS) is 47.1. The quantitative estimate of drug-likeness (QED) is 0.242. The summed E-state index contributed by atoms with van der Waals surface area (Å²) < 4.78 is 11.0. The molecule has 5 aliphatic carbocycles. The largest absolute Gasteiger partial charge is 0.508 e. The summed E-state index contributed by atoms with van der Waals surface area (Å²) in [5.41, 5.74) is 0.637. The first-order valence-electron chi connectivity index (χ1n) is 16.1. The minimum absolute atomic E-state index is 0.0837. The highest BCUT2D eigenvalue weighted by molar-refractivity contribution is 5.76. The second-order valence-corrected chi connectivity index (χ2v) is 16.0. The van der Waals surface area contributed by atoms with Crippen molar-refractivity contribution in [2.24, 2.45) is 56.7 Å². The van der Waals surface area contributed by atoms with Crippen LogP contribution in [0.5, 0.6) is 0 Å². The molecule has 0 heterocycles. The van der Waals surface area contributed by atoms with Gasteiger partial charge in [-0.1, -0.05) is 46.8 Å². The Hall–Kier alpha value is -1.60. The third-order valence-electron chi connectivity index (χ3n) is 14.3. The number of aliphatic hydroxyl groups is 2. The number of fused-ring (bicyclic) bond motifs is 7. The Morgan fingerprint density at radius 2 is 1.61 bits per heavy atom. The third kappa shape index (κ3) is 4.33. The number of carbonyl (C=O) groups is 2. The summed E-state index contributed by atoms with van der Waals surface area (Å²) in [7, 11) is 0. The van der Waals surface area contributed by atoms with Gasteiger partial charge < -0.3 is 24.8 Å². The van der Waals surface area contributed by atoms with Gasteiger partial charge in [0.25, 0.3) is 0 Å². The third-order valence-corrected chi connectivity index (χ3v) is 14.3. The zero-order chi connectivity index (χ0) is 30.2. The molecule has 0 aliphatic heterocycles. The Balaban J connectivity index is 1.41. The number of aliphatic carboxylic acids is 1. The fraction of sp³-hybridized carbons (Fsp3) is 0.882. The average Bonchev–Trinajstić information content (AvgIpc) is 3.31. The van der Waals surface area contributed by atoms with Crippen LogP contribution < -0.4 is 0 Å². The van der Waals surface area contributed by atoms with Crippen LogP contribution in [0.1, 0.15) is 106 Å². The van der Waals surface area contributed by atoms with Crippen LogP contribution in [0, 0.1) is 56.7 Å². The van der Waals surface area contributed by atoms with Crippen LogP contribution in [0.2, 0.25) is 0 Å². The van der Waals surface area contributed by atoms with E-state index < -0.39 is 30.3 Å². The van der Waals surface area contributed by atoms with Crippen molar-refractivity contribution in [2.45, 2.75) is 118 Å². The SMILES string of the molecule is C=C(C)[C@@H]1CC[C@]2(C(=O)O)CC[C@]3(C)[C@H](CC[C@@H]4[C@@]5(C)CC[C@H](OC(=O)OCC(O)CO)C(C)(C)[C@@H]5CC[C@]43C)[C@@H]12. The molecule has 0 aromatic carbocycles. The van der Waals surface area contributed by atoms with Crippen LogP contribution in [0.25, 0.3) is 0 Å². The molecule has 1 unspecified atom stereocenters. The highest BCUT2D eigenvalue weighted by Gasteiger charge is 2.72. The van der Waals surface area contributed by atoms with E-state index in [0.29, 0.717) is 23.7 Å². The monoisotopic (exact) mass is 574 g/mol. The van der Waals surface area contributed by atoms with Gasteiger partial charge in [-0.3, -0.25) is 4.79 Å². The van der Waals surface area contributed by atoms with Crippen molar-refractivity contribution in [3.05, 3.63) is 12.2 Å². The molecule has 5 fully saturated rings. The van der Waals surface area contributed by atoms with Crippen LogP contribution in [-0.2, 0) is 14.3 Å². The van der Waals surface area contributed by atoms with Gasteiger partial charge in [0.1, 0.15) is 18.8 Å². The number of carboxylic acids is 1. The molecule has 232 valence electrons. The molecule has 41 heavy (non-hydrogen) atoms. The number of hydrogen-bond acceptors (Lipinski definition) is 6. The van der Waals surface area contributed by atoms with Gasteiger partial charge in [-0.05, 0) is 117 Å². The van der Waals surface area contributed by atoms with Crippen LogP contribution >= 0.6 is 0 Å². The van der Waals surface area contributed by atoms with Crippen LogP contribution in [-0.4, -0.2) is 52.9 Å². The molecule has 5 aliphatic rings. The summed E-state index contributed by atoms with van der Waals surface area (Å²) in [6, 6.07) is 0. The Labute approximate surface area is 246 Å². The van der Waals surface area contributed by atoms with E-state index in [2.05, 4.69) is 48.1 Å². The maximum atomic E-state index is 12.9. The van der Waals surface area contributed by atoms with E-state index in [1.54, 1.807) is 0 Å². The minimum atomic E-state index is -1.10. The van der Waals surface area contributed by atoms with Crippen LogP contribution in [0.3, 0.4) is 0 Å². The van der Waals surface area contributed by atoms with E-state index in [4.69, 9.17) is 14.6 Å². The molecule has 0 aromatic heterocycles. The summed E-state index contributed by atoms with van der Waals surface area (Å²) in [5.74, 6) is 1.21. The second-order valence-electron chi connectivity index (χ2n) is 16.0. The van der Waals surface area contributed by atoms with E-state index in [-0.39, 0.29) is 40.3 Å². The summed E-state index contributed by atoms with van der Waals surface area (Å²) in [4.78, 5) is 25.4. The molecule has 7 heteroatoms. The standard InChI is InChI=1S/C34H54O7/c1-20(2)22-10-15-34(28(37)38)17-16-32(6)23(27(22)34)8-9-25-31(5)13-12-26(41-29(39)40-19-21(36)18-35)30(3,4)24(31)11-14-33(25,32)7/h21-27,35-36H,1,8-19H2,2-7H3,(H,37,38)/t21?,22-,23+,24-,25+,26-,27+,31-,32+,33+,34-/m0/s1. The molecule has 5 saturated carbocycles. The Kier molecular flexibility index (Phi) is 7.71. The molecular formula is C34H54O7. The van der Waals surface area contributed by atoms with Crippen molar-refractivity contribution < 1.29 is 34.4 Å². The lowest BCUT2D eigenvalue weighted by molar-refractivity contribution is -0.248. The van der Waals surface area contributed by atoms with Crippen molar-refractivity contribution in [3.8, 4) is 0 Å². The fourth-order valence-electron chi connectivity index (χ4n) is 12.1. The van der Waals surface area contributed by atoms with Gasteiger partial charge in [0.2, 0.25) is 0 Å². The lowest BCUT2D eigenvalue weighted by Gasteiger charge is -2.72. The van der Waals surface area contributed by atoms with Gasteiger partial charge in [-0.2, -0.15) is 0 Å². The van der Waals surface area contributed by atoms with E-state index in [1.807, 2.05) is 0 Å². The molecule has 0 bridgehead atoms. The van der Waals surface area contributed by atoms with Crippen molar-refractivity contribution >= 4 is 12.1 Å². The maximum Gasteiger partial charge on any atom is 0.508 e. The molecule has 0 spiro atoms. The van der Waals surface area contributed by atoms with E-state index in [1.165, 1.54) is 0 Å². The molecule has 11 atom stereocenters. The number of ether oxygens (including phenoxy) is 2. The molecule has 0 aromatic rings. The second kappa shape index (κ2) is 10.2. The van der Waals surface area contributed by atoms with Crippen LogP contribution in [0.15, 0.2) is 12.2 Å². The Morgan fingerprint density at radius 3 is 2.24 bits per heavy atom. The molecule has 0 amide bonds. The summed E-state index contributed by atoms with van der Waals surface area (Å²) in [6.07, 6.45) is 7.49. The van der Waals surface area contributed by atoms with Gasteiger partial charge in [0, 0.05) is 5.41 Å². The highest BCUT2D eigenvalue weighted by atomic mass is 16.7. The predicted molar refractivity (Wildman–Crippen MR) is 156 cm³/mol. The van der Waals surface area contributed by atoms with Crippen molar-refractivity contribution in [1.82, 2.24) is 0 Å². The molecule has 3 N–H and O–H groups in total. The van der Waals surface area contributed by atoms with Gasteiger partial charge >= 0.3 is 12.1 Å². The van der Waals surface area contributed by atoms with E-state index in [9.17, 15) is 19.8 Å². The average molecular weight is 575 g/mol. The van der Waals surface area contributed by atoms with E-state index >= 15 is 0 Å². The summed E-state index contributed by atoms with van der Waals surface area (Å²) >= 11 is 0. The smallest absolute Gasteiger partial charge is 0.481 e. The molecular weight excluding hydrogens is 520 g/mol. The van der Waals surface area contributed by atoms with Crippen LogP contribution in [0.4, 0.5) is 4.79 Å².